The number of aliphatic hydroxyl groups excluding tert-OH is 1. The summed E-state index contributed by atoms with van der Waals surface area (Å²) < 4.78 is 8.98. The first-order valence-electron chi connectivity index (χ1n) is 7.26. The van der Waals surface area contributed by atoms with E-state index in [0.29, 0.717) is 6.61 Å². The van der Waals surface area contributed by atoms with Gasteiger partial charge in [0.1, 0.15) is 12.4 Å². The number of aliphatic hydroxyl groups is 1. The zero-order valence-corrected chi connectivity index (χ0v) is 13.9. The van der Waals surface area contributed by atoms with Crippen LogP contribution in [0.4, 0.5) is 0 Å². The highest BCUT2D eigenvalue weighted by Gasteiger charge is 2.23. The summed E-state index contributed by atoms with van der Waals surface area (Å²) in [6, 6.07) is 5.90. The van der Waals surface area contributed by atoms with Crippen LogP contribution in [0.25, 0.3) is 0 Å². The van der Waals surface area contributed by atoms with E-state index in [0.717, 1.165) is 52.1 Å². The summed E-state index contributed by atoms with van der Waals surface area (Å²) in [6.07, 6.45) is 1.31. The Bertz CT molecular complexity index is 667. The van der Waals surface area contributed by atoms with Crippen molar-refractivity contribution in [2.75, 3.05) is 0 Å². The molecule has 1 heterocycles. The van der Waals surface area contributed by atoms with E-state index in [1.807, 2.05) is 29.8 Å². The number of rotatable bonds is 4. The second kappa shape index (κ2) is 5.81. The first kappa shape index (κ1) is 14.6. The molecule has 0 saturated carbocycles. The molecule has 0 radical (unpaired) electrons. The molecule has 1 N–H and O–H groups in total. The molecule has 1 aromatic carbocycles. The van der Waals surface area contributed by atoms with Crippen LogP contribution in [0, 0.1) is 6.92 Å². The van der Waals surface area contributed by atoms with Gasteiger partial charge in [0.05, 0.1) is 22.0 Å². The van der Waals surface area contributed by atoms with E-state index in [9.17, 15) is 5.11 Å². The quantitative estimate of drug-likeness (QED) is 0.917. The van der Waals surface area contributed by atoms with Gasteiger partial charge in [-0.15, -0.1) is 0 Å². The Kier molecular flexibility index (Phi) is 4.04. The van der Waals surface area contributed by atoms with E-state index in [1.165, 1.54) is 0 Å². The average Bonchev–Trinajstić information content (AvgIpc) is 2.99. The fraction of sp³-hybridized carbons (Fsp3) is 0.438. The molecule has 0 spiro atoms. The number of hydrogen-bond donors (Lipinski definition) is 1. The summed E-state index contributed by atoms with van der Waals surface area (Å²) >= 11 is 3.58. The van der Waals surface area contributed by atoms with Gasteiger partial charge in [0, 0.05) is 12.1 Å². The van der Waals surface area contributed by atoms with Crippen LogP contribution in [0.1, 0.15) is 42.0 Å². The molecule has 2 aromatic rings. The Morgan fingerprint density at radius 3 is 3.05 bits per heavy atom. The third-order valence-electron chi connectivity index (χ3n) is 4.01. The van der Waals surface area contributed by atoms with Gasteiger partial charge in [0.15, 0.2) is 0 Å². The zero-order chi connectivity index (χ0) is 15.0. The summed E-state index contributed by atoms with van der Waals surface area (Å²) in [6.45, 7) is 5.34. The van der Waals surface area contributed by atoms with Gasteiger partial charge in [-0.25, -0.2) is 0 Å². The molecule has 1 aromatic heterocycles. The van der Waals surface area contributed by atoms with E-state index in [2.05, 4.69) is 28.0 Å². The van der Waals surface area contributed by atoms with Crippen molar-refractivity contribution < 1.29 is 9.84 Å². The molecule has 3 rings (SSSR count). The van der Waals surface area contributed by atoms with Gasteiger partial charge in [-0.3, -0.25) is 4.68 Å². The molecular formula is C16H19BrN2O2. The highest BCUT2D eigenvalue weighted by Crippen LogP contribution is 2.37. The van der Waals surface area contributed by atoms with E-state index in [4.69, 9.17) is 4.74 Å². The zero-order valence-electron chi connectivity index (χ0n) is 12.3. The minimum atomic E-state index is -0.348. The monoisotopic (exact) mass is 350 g/mol. The lowest BCUT2D eigenvalue weighted by atomic mass is 10.1. The average molecular weight is 351 g/mol. The molecule has 1 aliphatic carbocycles. The van der Waals surface area contributed by atoms with Crippen LogP contribution in [0.2, 0.25) is 0 Å². The van der Waals surface area contributed by atoms with Crippen molar-refractivity contribution in [3.8, 4) is 5.75 Å². The van der Waals surface area contributed by atoms with Crippen LogP contribution in [0.15, 0.2) is 22.7 Å². The lowest BCUT2D eigenvalue weighted by molar-refractivity contribution is 0.180. The van der Waals surface area contributed by atoms with Crippen molar-refractivity contribution in [3.63, 3.8) is 0 Å². The van der Waals surface area contributed by atoms with Crippen LogP contribution < -0.4 is 4.74 Å². The Hall–Kier alpha value is -1.33. The molecule has 5 heteroatoms. The Morgan fingerprint density at radius 2 is 2.29 bits per heavy atom. The predicted molar refractivity (Wildman–Crippen MR) is 84.4 cm³/mol. The predicted octanol–water partition coefficient (Wildman–Crippen LogP) is 3.53. The molecule has 0 saturated heterocycles. The molecular weight excluding hydrogens is 332 g/mol. The summed E-state index contributed by atoms with van der Waals surface area (Å²) in [5.41, 5.74) is 4.17. The van der Waals surface area contributed by atoms with Gasteiger partial charge >= 0.3 is 0 Å². The standard InChI is InChI=1S/C16H19BrN2O2/c1-3-19-13(16(17)10(2)18-19)9-21-15-6-4-5-11-12(15)7-8-14(11)20/h4-6,14,20H,3,7-9H2,1-2H3. The smallest absolute Gasteiger partial charge is 0.131 e. The van der Waals surface area contributed by atoms with Crippen molar-refractivity contribution in [3.05, 3.63) is 45.2 Å². The SMILES string of the molecule is CCn1nc(C)c(Br)c1COc1cccc2c1CCC2O. The topological polar surface area (TPSA) is 47.3 Å². The van der Waals surface area contributed by atoms with Crippen LogP contribution in [0.5, 0.6) is 5.75 Å². The Labute approximate surface area is 132 Å². The van der Waals surface area contributed by atoms with Crippen LogP contribution in [0.3, 0.4) is 0 Å². The molecule has 21 heavy (non-hydrogen) atoms. The van der Waals surface area contributed by atoms with E-state index < -0.39 is 0 Å². The van der Waals surface area contributed by atoms with Crippen LogP contribution in [-0.4, -0.2) is 14.9 Å². The van der Waals surface area contributed by atoms with Crippen LogP contribution >= 0.6 is 15.9 Å². The lowest BCUT2D eigenvalue weighted by Gasteiger charge is -2.12. The molecule has 0 fully saturated rings. The van der Waals surface area contributed by atoms with Crippen molar-refractivity contribution in [1.29, 1.82) is 0 Å². The highest BCUT2D eigenvalue weighted by atomic mass is 79.9. The van der Waals surface area contributed by atoms with Gasteiger partial charge in [-0.05, 0) is 54.2 Å². The second-order valence-electron chi connectivity index (χ2n) is 5.33. The van der Waals surface area contributed by atoms with Crippen LogP contribution in [-0.2, 0) is 19.6 Å². The minimum absolute atomic E-state index is 0.348. The molecule has 0 aliphatic heterocycles. The lowest BCUT2D eigenvalue weighted by Crippen LogP contribution is -2.07. The van der Waals surface area contributed by atoms with Gasteiger partial charge in [-0.1, -0.05) is 12.1 Å². The largest absolute Gasteiger partial charge is 0.487 e. The fourth-order valence-electron chi connectivity index (χ4n) is 2.89. The van der Waals surface area contributed by atoms with Gasteiger partial charge in [0.2, 0.25) is 0 Å². The molecule has 1 aliphatic rings. The molecule has 0 bridgehead atoms. The minimum Gasteiger partial charge on any atom is -0.487 e. The van der Waals surface area contributed by atoms with Gasteiger partial charge in [0.25, 0.3) is 0 Å². The number of benzene rings is 1. The maximum atomic E-state index is 9.94. The van der Waals surface area contributed by atoms with Crippen molar-refractivity contribution in [1.82, 2.24) is 9.78 Å². The fourth-order valence-corrected chi connectivity index (χ4v) is 3.29. The third-order valence-corrected chi connectivity index (χ3v) is 5.04. The Morgan fingerprint density at radius 1 is 1.48 bits per heavy atom. The normalized spacial score (nSPS) is 17.0. The third kappa shape index (κ3) is 2.60. The summed E-state index contributed by atoms with van der Waals surface area (Å²) in [7, 11) is 0. The van der Waals surface area contributed by atoms with E-state index in [-0.39, 0.29) is 6.10 Å². The van der Waals surface area contributed by atoms with Gasteiger partial charge in [-0.2, -0.15) is 5.10 Å². The highest BCUT2D eigenvalue weighted by molar-refractivity contribution is 9.10. The van der Waals surface area contributed by atoms with Gasteiger partial charge < -0.3 is 9.84 Å². The molecule has 1 atom stereocenters. The Balaban J connectivity index is 1.84. The number of aryl methyl sites for hydroxylation is 2. The first-order valence-corrected chi connectivity index (χ1v) is 8.05. The van der Waals surface area contributed by atoms with E-state index >= 15 is 0 Å². The molecule has 0 amide bonds. The maximum Gasteiger partial charge on any atom is 0.131 e. The van der Waals surface area contributed by atoms with E-state index in [1.54, 1.807) is 0 Å². The molecule has 112 valence electrons. The number of hydrogen-bond acceptors (Lipinski definition) is 3. The molecule has 1 unspecified atom stereocenters. The molecule has 4 nitrogen and oxygen atoms in total. The summed E-state index contributed by atoms with van der Waals surface area (Å²) in [5.74, 6) is 0.873. The summed E-state index contributed by atoms with van der Waals surface area (Å²) in [4.78, 5) is 0. The first-order chi connectivity index (χ1) is 10.1. The summed E-state index contributed by atoms with van der Waals surface area (Å²) in [5, 5.41) is 14.4. The van der Waals surface area contributed by atoms with Crippen molar-refractivity contribution in [2.24, 2.45) is 0 Å². The van der Waals surface area contributed by atoms with Crippen molar-refractivity contribution >= 4 is 15.9 Å². The second-order valence-corrected chi connectivity index (χ2v) is 6.12. The number of ether oxygens (including phenoxy) is 1. The number of nitrogens with zero attached hydrogens (tertiary/aromatic N) is 2. The number of fused-ring (bicyclic) bond motifs is 1. The van der Waals surface area contributed by atoms with Crippen molar-refractivity contribution in [2.45, 2.75) is 45.9 Å². The number of aromatic nitrogens is 2. The maximum absolute atomic E-state index is 9.94. The number of halogens is 1.